The third-order valence-corrected chi connectivity index (χ3v) is 7.45. The van der Waals surface area contributed by atoms with Crippen molar-refractivity contribution >= 4 is 17.7 Å². The summed E-state index contributed by atoms with van der Waals surface area (Å²) in [5, 5.41) is 9.62. The van der Waals surface area contributed by atoms with Crippen molar-refractivity contribution in [1.29, 1.82) is 0 Å². The molecular weight excluding hydrogens is 470 g/mol. The summed E-state index contributed by atoms with van der Waals surface area (Å²) < 4.78 is 7.31. The van der Waals surface area contributed by atoms with Gasteiger partial charge in [0.15, 0.2) is 11.0 Å². The van der Waals surface area contributed by atoms with E-state index in [1.165, 1.54) is 24.6 Å². The maximum absolute atomic E-state index is 13.5. The molecule has 2 aromatic heterocycles. The number of pyridine rings is 1. The molecule has 0 saturated heterocycles. The fraction of sp³-hybridized carbons (Fsp3) is 0.286. The molecule has 0 aliphatic heterocycles. The van der Waals surface area contributed by atoms with Crippen LogP contribution in [-0.4, -0.2) is 49.5 Å². The average molecular weight is 500 g/mol. The van der Waals surface area contributed by atoms with Crippen LogP contribution in [0.15, 0.2) is 84.3 Å². The Balaban J connectivity index is 1.40. The molecule has 2 heterocycles. The molecule has 8 heteroatoms. The van der Waals surface area contributed by atoms with Crippen molar-refractivity contribution in [2.24, 2.45) is 5.92 Å². The number of carbonyl (C=O) groups excluding carboxylic acids is 1. The molecule has 0 bridgehead atoms. The standard InChI is InChI=1S/C28H29N5O2S/c1-20(22-8-9-22)32(18-21-6-4-3-5-7-21)26(34)19-36-28-31-30-27(23-14-16-29-17-15-23)33(28)24-10-12-25(35-2)13-11-24/h3-7,10-17,20,22H,8-9,18-19H2,1-2H3. The van der Waals surface area contributed by atoms with E-state index in [9.17, 15) is 4.79 Å². The topological polar surface area (TPSA) is 73.1 Å². The second-order valence-corrected chi connectivity index (χ2v) is 9.89. The van der Waals surface area contributed by atoms with E-state index >= 15 is 0 Å². The summed E-state index contributed by atoms with van der Waals surface area (Å²) in [6, 6.07) is 22.0. The van der Waals surface area contributed by atoms with Gasteiger partial charge in [0, 0.05) is 36.2 Å². The second-order valence-electron chi connectivity index (χ2n) is 8.95. The molecule has 7 nitrogen and oxygen atoms in total. The summed E-state index contributed by atoms with van der Waals surface area (Å²) in [6.45, 7) is 2.79. The molecule has 36 heavy (non-hydrogen) atoms. The molecule has 0 N–H and O–H groups in total. The molecule has 1 saturated carbocycles. The molecule has 1 fully saturated rings. The van der Waals surface area contributed by atoms with Crippen LogP contribution in [0.5, 0.6) is 5.75 Å². The van der Waals surface area contributed by atoms with E-state index in [2.05, 4.69) is 34.2 Å². The Morgan fingerprint density at radius 3 is 2.44 bits per heavy atom. The molecule has 2 aromatic carbocycles. The van der Waals surface area contributed by atoms with Crippen molar-refractivity contribution in [3.63, 3.8) is 0 Å². The smallest absolute Gasteiger partial charge is 0.233 e. The van der Waals surface area contributed by atoms with E-state index < -0.39 is 0 Å². The summed E-state index contributed by atoms with van der Waals surface area (Å²) in [6.07, 6.45) is 5.85. The fourth-order valence-electron chi connectivity index (χ4n) is 4.30. The third kappa shape index (κ3) is 5.44. The van der Waals surface area contributed by atoms with Crippen molar-refractivity contribution in [1.82, 2.24) is 24.6 Å². The van der Waals surface area contributed by atoms with Gasteiger partial charge < -0.3 is 9.64 Å². The highest BCUT2D eigenvalue weighted by molar-refractivity contribution is 7.99. The first-order valence-corrected chi connectivity index (χ1v) is 13.1. The van der Waals surface area contributed by atoms with Crippen molar-refractivity contribution in [2.45, 2.75) is 37.5 Å². The maximum Gasteiger partial charge on any atom is 0.233 e. The molecule has 1 amide bonds. The second kappa shape index (κ2) is 11.0. The average Bonchev–Trinajstić information content (AvgIpc) is 3.70. The SMILES string of the molecule is COc1ccc(-n2c(SCC(=O)N(Cc3ccccc3)C(C)C3CC3)nnc2-c2ccncc2)cc1. The van der Waals surface area contributed by atoms with E-state index in [-0.39, 0.29) is 17.7 Å². The van der Waals surface area contributed by atoms with Crippen LogP contribution >= 0.6 is 11.8 Å². The lowest BCUT2D eigenvalue weighted by molar-refractivity contribution is -0.131. The van der Waals surface area contributed by atoms with Crippen LogP contribution in [0, 0.1) is 5.92 Å². The lowest BCUT2D eigenvalue weighted by atomic mass is 10.1. The quantitative estimate of drug-likeness (QED) is 0.277. The number of methoxy groups -OCH3 is 1. The number of rotatable bonds is 10. The molecule has 1 aliphatic carbocycles. The van der Waals surface area contributed by atoms with Gasteiger partial charge in [-0.1, -0.05) is 42.1 Å². The van der Waals surface area contributed by atoms with E-state index in [1.54, 1.807) is 19.5 Å². The normalized spacial score (nSPS) is 13.8. The zero-order valence-electron chi connectivity index (χ0n) is 20.4. The van der Waals surface area contributed by atoms with E-state index in [1.807, 2.05) is 64.1 Å². The Labute approximate surface area is 215 Å². The largest absolute Gasteiger partial charge is 0.497 e. The number of ether oxygens (including phenoxy) is 1. The molecule has 184 valence electrons. The van der Waals surface area contributed by atoms with Crippen LogP contribution in [0.25, 0.3) is 17.1 Å². The molecular formula is C28H29N5O2S. The molecule has 4 aromatic rings. The van der Waals surface area contributed by atoms with Crippen molar-refractivity contribution in [2.75, 3.05) is 12.9 Å². The lowest BCUT2D eigenvalue weighted by Gasteiger charge is -2.29. The minimum absolute atomic E-state index is 0.109. The summed E-state index contributed by atoms with van der Waals surface area (Å²) in [5.41, 5.74) is 2.94. The summed E-state index contributed by atoms with van der Waals surface area (Å²) in [5.74, 6) is 2.45. The monoisotopic (exact) mass is 499 g/mol. The number of aromatic nitrogens is 4. The molecule has 0 spiro atoms. The molecule has 1 aliphatic rings. The van der Waals surface area contributed by atoms with Crippen LogP contribution in [0.2, 0.25) is 0 Å². The van der Waals surface area contributed by atoms with Gasteiger partial charge in [0.25, 0.3) is 0 Å². The van der Waals surface area contributed by atoms with Gasteiger partial charge in [0.05, 0.1) is 12.9 Å². The Bertz CT molecular complexity index is 1290. The highest BCUT2D eigenvalue weighted by atomic mass is 32.2. The first-order valence-electron chi connectivity index (χ1n) is 12.1. The number of amides is 1. The molecule has 0 radical (unpaired) electrons. The highest BCUT2D eigenvalue weighted by Crippen LogP contribution is 2.36. The predicted molar refractivity (Wildman–Crippen MR) is 141 cm³/mol. The summed E-state index contributed by atoms with van der Waals surface area (Å²) >= 11 is 1.42. The molecule has 1 unspecified atom stereocenters. The number of hydrogen-bond acceptors (Lipinski definition) is 6. The molecule has 5 rings (SSSR count). The highest BCUT2D eigenvalue weighted by Gasteiger charge is 2.34. The van der Waals surface area contributed by atoms with Crippen molar-refractivity contribution in [3.8, 4) is 22.8 Å². The van der Waals surface area contributed by atoms with Gasteiger partial charge in [-0.2, -0.15) is 0 Å². The Morgan fingerprint density at radius 2 is 1.78 bits per heavy atom. The lowest BCUT2D eigenvalue weighted by Crippen LogP contribution is -2.40. The Hall–Kier alpha value is -3.65. The van der Waals surface area contributed by atoms with E-state index in [4.69, 9.17) is 4.74 Å². The fourth-order valence-corrected chi connectivity index (χ4v) is 5.14. The summed E-state index contributed by atoms with van der Waals surface area (Å²) in [4.78, 5) is 19.7. The van der Waals surface area contributed by atoms with Gasteiger partial charge >= 0.3 is 0 Å². The first kappa shape index (κ1) is 24.1. The minimum Gasteiger partial charge on any atom is -0.497 e. The number of carbonyl (C=O) groups is 1. The number of thioether (sulfide) groups is 1. The van der Waals surface area contributed by atoms with Gasteiger partial charge in [-0.15, -0.1) is 10.2 Å². The van der Waals surface area contributed by atoms with Gasteiger partial charge in [-0.3, -0.25) is 14.3 Å². The van der Waals surface area contributed by atoms with Gasteiger partial charge in [0.1, 0.15) is 5.75 Å². The summed E-state index contributed by atoms with van der Waals surface area (Å²) in [7, 11) is 1.65. The maximum atomic E-state index is 13.5. The Kier molecular flexibility index (Phi) is 7.32. The third-order valence-electron chi connectivity index (χ3n) is 6.54. The van der Waals surface area contributed by atoms with Crippen molar-refractivity contribution in [3.05, 3.63) is 84.7 Å². The van der Waals surface area contributed by atoms with E-state index in [0.717, 1.165) is 22.6 Å². The minimum atomic E-state index is 0.109. The van der Waals surface area contributed by atoms with Gasteiger partial charge in [-0.05, 0) is 67.6 Å². The van der Waals surface area contributed by atoms with E-state index in [0.29, 0.717) is 23.4 Å². The number of benzene rings is 2. The Morgan fingerprint density at radius 1 is 1.06 bits per heavy atom. The zero-order chi connectivity index (χ0) is 24.9. The number of hydrogen-bond donors (Lipinski definition) is 0. The first-order chi connectivity index (χ1) is 17.6. The van der Waals surface area contributed by atoms with Gasteiger partial charge in [0.2, 0.25) is 5.91 Å². The van der Waals surface area contributed by atoms with Crippen LogP contribution in [0.4, 0.5) is 0 Å². The number of nitrogens with zero attached hydrogens (tertiary/aromatic N) is 5. The van der Waals surface area contributed by atoms with Crippen LogP contribution in [0.1, 0.15) is 25.3 Å². The van der Waals surface area contributed by atoms with Crippen molar-refractivity contribution < 1.29 is 9.53 Å². The van der Waals surface area contributed by atoms with Crippen LogP contribution in [-0.2, 0) is 11.3 Å². The molecule has 1 atom stereocenters. The van der Waals surface area contributed by atoms with Crippen LogP contribution in [0.3, 0.4) is 0 Å². The van der Waals surface area contributed by atoms with Gasteiger partial charge in [-0.25, -0.2) is 0 Å². The van der Waals surface area contributed by atoms with Crippen LogP contribution < -0.4 is 4.74 Å². The predicted octanol–water partition coefficient (Wildman–Crippen LogP) is 5.26. The zero-order valence-corrected chi connectivity index (χ0v) is 21.3.